The third-order valence-electron chi connectivity index (χ3n) is 1.43. The summed E-state index contributed by atoms with van der Waals surface area (Å²) in [6, 6.07) is 10.0. The molecule has 0 radical (unpaired) electrons. The Morgan fingerprint density at radius 2 is 2.00 bits per heavy atom. The fourth-order valence-corrected chi connectivity index (χ4v) is 1.40. The normalized spacial score (nSPS) is 10.3. The minimum atomic E-state index is 0.972. The van der Waals surface area contributed by atoms with Gasteiger partial charge in [0.15, 0.2) is 0 Å². The molecule has 1 heterocycles. The molecule has 0 unspecified atom stereocenters. The Bertz CT molecular complexity index is 318. The molecule has 0 saturated carbocycles. The average molecular weight is 165 g/mol. The summed E-state index contributed by atoms with van der Waals surface area (Å²) in [5, 5.41) is 1.18. The van der Waals surface area contributed by atoms with Crippen LogP contribution in [0.25, 0.3) is 11.0 Å². The summed E-state index contributed by atoms with van der Waals surface area (Å²) >= 11 is 1.96. The van der Waals surface area contributed by atoms with Crippen molar-refractivity contribution in [1.82, 2.24) is 0 Å². The van der Waals surface area contributed by atoms with Gasteiger partial charge in [0.05, 0.1) is 0 Å². The van der Waals surface area contributed by atoms with Gasteiger partial charge in [-0.25, -0.2) is 0 Å². The molecule has 10 heavy (non-hydrogen) atoms. The maximum atomic E-state index is 5.37. The molecule has 0 saturated heterocycles. The first-order valence-electron chi connectivity index (χ1n) is 3.06. The van der Waals surface area contributed by atoms with E-state index in [1.807, 2.05) is 50.8 Å². The summed E-state index contributed by atoms with van der Waals surface area (Å²) in [6.45, 7) is 0. The SMILES string of the molecule is [Ti][c]1cc2ccccc2o1. The van der Waals surface area contributed by atoms with E-state index in [1.54, 1.807) is 0 Å². The van der Waals surface area contributed by atoms with Crippen molar-refractivity contribution in [3.05, 3.63) is 30.3 Å². The molecular weight excluding hydrogens is 160 g/mol. The first-order chi connectivity index (χ1) is 4.86. The van der Waals surface area contributed by atoms with E-state index < -0.39 is 0 Å². The predicted octanol–water partition coefficient (Wildman–Crippen LogP) is 1.60. The van der Waals surface area contributed by atoms with Crippen LogP contribution in [0.1, 0.15) is 0 Å². The van der Waals surface area contributed by atoms with Gasteiger partial charge in [-0.3, -0.25) is 0 Å². The average Bonchev–Trinajstić information content (AvgIpc) is 2.27. The van der Waals surface area contributed by atoms with Crippen molar-refractivity contribution >= 4 is 15.0 Å². The standard InChI is InChI=1S/C8H5O.Ti/c1-2-4-8-7(3-1)5-6-9-8;/h1-5H;. The van der Waals surface area contributed by atoms with E-state index >= 15 is 0 Å². The van der Waals surface area contributed by atoms with E-state index in [1.165, 1.54) is 5.39 Å². The molecule has 1 aromatic carbocycles. The molecule has 0 fully saturated rings. The van der Waals surface area contributed by atoms with E-state index in [4.69, 9.17) is 4.42 Å². The van der Waals surface area contributed by atoms with Gasteiger partial charge in [-0.2, -0.15) is 0 Å². The minimum absolute atomic E-state index is 0.972. The summed E-state index contributed by atoms with van der Waals surface area (Å²) in [5.41, 5.74) is 0.972. The second kappa shape index (κ2) is 2.26. The number of furan rings is 1. The van der Waals surface area contributed by atoms with Crippen LogP contribution in [0, 0.1) is 0 Å². The molecule has 1 nitrogen and oxygen atoms in total. The fourth-order valence-electron chi connectivity index (χ4n) is 0.982. The first kappa shape index (κ1) is 6.20. The van der Waals surface area contributed by atoms with E-state index in [-0.39, 0.29) is 0 Å². The Morgan fingerprint density at radius 3 is 2.80 bits per heavy atom. The van der Waals surface area contributed by atoms with Crippen molar-refractivity contribution in [1.29, 1.82) is 0 Å². The van der Waals surface area contributed by atoms with Gasteiger partial charge in [0.25, 0.3) is 0 Å². The Morgan fingerprint density at radius 1 is 1.20 bits per heavy atom. The summed E-state index contributed by atoms with van der Waals surface area (Å²) < 4.78 is 6.34. The van der Waals surface area contributed by atoms with Crippen molar-refractivity contribution in [2.24, 2.45) is 0 Å². The van der Waals surface area contributed by atoms with Crippen LogP contribution in [-0.2, 0) is 20.4 Å². The summed E-state index contributed by atoms with van der Waals surface area (Å²) in [5.74, 6) is 0. The van der Waals surface area contributed by atoms with Crippen LogP contribution in [0.3, 0.4) is 0 Å². The van der Waals surface area contributed by atoms with Gasteiger partial charge in [0.2, 0.25) is 0 Å². The van der Waals surface area contributed by atoms with Gasteiger partial charge in [-0.1, -0.05) is 0 Å². The quantitative estimate of drug-likeness (QED) is 0.540. The Labute approximate surface area is 70.4 Å². The zero-order valence-electron chi connectivity index (χ0n) is 5.29. The third kappa shape index (κ3) is 0.918. The summed E-state index contributed by atoms with van der Waals surface area (Å²) in [7, 11) is 0. The number of rotatable bonds is 0. The zero-order valence-corrected chi connectivity index (χ0v) is 6.86. The Kier molecular flexibility index (Phi) is 1.40. The molecule has 0 N–H and O–H groups in total. The zero-order chi connectivity index (χ0) is 6.97. The molecule has 0 aliphatic carbocycles. The predicted molar refractivity (Wildman–Crippen MR) is 35.8 cm³/mol. The van der Waals surface area contributed by atoms with Crippen LogP contribution in [0.5, 0.6) is 0 Å². The molecular formula is C8H5OTi. The van der Waals surface area contributed by atoms with Crippen molar-refractivity contribution in [3.63, 3.8) is 0 Å². The number of fused-ring (bicyclic) bond motifs is 1. The van der Waals surface area contributed by atoms with Gasteiger partial charge >= 0.3 is 70.2 Å². The van der Waals surface area contributed by atoms with Crippen LogP contribution in [0.15, 0.2) is 34.7 Å². The van der Waals surface area contributed by atoms with Gasteiger partial charge < -0.3 is 0 Å². The summed E-state index contributed by atoms with van der Waals surface area (Å²) in [6.07, 6.45) is 0. The van der Waals surface area contributed by atoms with Crippen molar-refractivity contribution in [2.45, 2.75) is 0 Å². The molecule has 0 aliphatic rings. The van der Waals surface area contributed by atoms with Gasteiger partial charge in [0.1, 0.15) is 0 Å². The van der Waals surface area contributed by atoms with E-state index in [2.05, 4.69) is 0 Å². The molecule has 0 atom stereocenters. The Hall–Kier alpha value is -0.526. The van der Waals surface area contributed by atoms with Gasteiger partial charge in [0, 0.05) is 0 Å². The molecule has 2 aromatic rings. The van der Waals surface area contributed by atoms with E-state index in [9.17, 15) is 0 Å². The van der Waals surface area contributed by atoms with Gasteiger partial charge in [-0.05, 0) is 0 Å². The second-order valence-corrected chi connectivity index (χ2v) is 2.92. The number of hydrogen-bond donors (Lipinski definition) is 0. The fraction of sp³-hybridized carbons (Fsp3) is 0. The van der Waals surface area contributed by atoms with E-state index in [0.29, 0.717) is 0 Å². The maximum absolute atomic E-state index is 5.37. The van der Waals surface area contributed by atoms with Crippen LogP contribution < -0.4 is 4.06 Å². The number of para-hydroxylation sites is 1. The molecule has 47 valence electrons. The molecule has 0 bridgehead atoms. The third-order valence-corrected chi connectivity index (χ3v) is 1.81. The van der Waals surface area contributed by atoms with E-state index in [0.717, 1.165) is 9.65 Å². The molecule has 0 aliphatic heterocycles. The molecule has 2 heteroatoms. The first-order valence-corrected chi connectivity index (χ1v) is 3.84. The van der Waals surface area contributed by atoms with Crippen molar-refractivity contribution < 1.29 is 24.9 Å². The monoisotopic (exact) mass is 165 g/mol. The van der Waals surface area contributed by atoms with Crippen LogP contribution >= 0.6 is 0 Å². The van der Waals surface area contributed by atoms with Crippen molar-refractivity contribution in [3.8, 4) is 0 Å². The topological polar surface area (TPSA) is 13.1 Å². The van der Waals surface area contributed by atoms with Crippen molar-refractivity contribution in [2.75, 3.05) is 0 Å². The number of hydrogen-bond acceptors (Lipinski definition) is 1. The molecule has 1 aromatic heterocycles. The van der Waals surface area contributed by atoms with Crippen LogP contribution in [-0.4, -0.2) is 0 Å². The van der Waals surface area contributed by atoms with Crippen LogP contribution in [0.4, 0.5) is 0 Å². The van der Waals surface area contributed by atoms with Crippen LogP contribution in [0.2, 0.25) is 0 Å². The molecule has 2 rings (SSSR count). The summed E-state index contributed by atoms with van der Waals surface area (Å²) in [4.78, 5) is 0. The Balaban J connectivity index is 2.88. The molecule has 0 amide bonds. The van der Waals surface area contributed by atoms with Gasteiger partial charge in [-0.15, -0.1) is 0 Å². The number of benzene rings is 1. The molecule has 0 spiro atoms. The second-order valence-electron chi connectivity index (χ2n) is 2.15.